The molecule has 19 unspecified atom stereocenters. The van der Waals surface area contributed by atoms with Crippen molar-refractivity contribution < 1.29 is 95.9 Å². The van der Waals surface area contributed by atoms with Crippen LogP contribution in [0.25, 0.3) is 0 Å². The number of hydrogen-bond acceptors (Lipinski definition) is 20. The molecule has 2 aromatic rings. The van der Waals surface area contributed by atoms with Crippen LogP contribution in [-0.4, -0.2) is 119 Å². The van der Waals surface area contributed by atoms with Gasteiger partial charge in [-0.1, -0.05) is 121 Å². The third-order valence-electron chi connectivity index (χ3n) is 24.3. The molecular formula is C87H136O20. The zero-order valence-electron chi connectivity index (χ0n) is 69.8. The number of carbonyl (C=O) groups is 8. The molecule has 0 amide bonds. The Bertz CT molecular complexity index is 3190. The fourth-order valence-corrected chi connectivity index (χ4v) is 15.4. The van der Waals surface area contributed by atoms with Crippen molar-refractivity contribution >= 4 is 47.8 Å². The molecule has 2 aromatic carbocycles. The number of hydrogen-bond donors (Lipinski definition) is 2. The quantitative estimate of drug-likeness (QED) is 0.0428. The van der Waals surface area contributed by atoms with Gasteiger partial charge < -0.3 is 57.6 Å². The molecule has 6 aliphatic carbocycles. The van der Waals surface area contributed by atoms with Gasteiger partial charge in [0.1, 0.15) is 48.1 Å². The summed E-state index contributed by atoms with van der Waals surface area (Å²) >= 11 is 0. The van der Waals surface area contributed by atoms with Crippen LogP contribution in [0.15, 0.2) is 48.5 Å². The highest BCUT2D eigenvalue weighted by atomic mass is 16.7. The van der Waals surface area contributed by atoms with E-state index < -0.39 is 63.8 Å². The first-order chi connectivity index (χ1) is 49.5. The van der Waals surface area contributed by atoms with Gasteiger partial charge in [-0.2, -0.15) is 0 Å². The van der Waals surface area contributed by atoms with Crippen molar-refractivity contribution in [2.24, 2.45) is 85.2 Å². The summed E-state index contributed by atoms with van der Waals surface area (Å²) in [5, 5.41) is 18.0. The molecule has 107 heavy (non-hydrogen) atoms. The lowest BCUT2D eigenvalue weighted by Gasteiger charge is -2.34. The number of esters is 8. The van der Waals surface area contributed by atoms with E-state index in [1.165, 1.54) is 11.1 Å². The highest BCUT2D eigenvalue weighted by Crippen LogP contribution is 2.64. The van der Waals surface area contributed by atoms with Gasteiger partial charge in [0.05, 0.1) is 45.7 Å². The molecule has 6 saturated carbocycles. The Hall–Kier alpha value is -6.28. The minimum Gasteiger partial charge on any atom is -0.508 e. The van der Waals surface area contributed by atoms with E-state index in [1.807, 2.05) is 156 Å². The van der Waals surface area contributed by atoms with Gasteiger partial charge in [-0.3, -0.25) is 38.4 Å². The van der Waals surface area contributed by atoms with Crippen LogP contribution < -0.4 is 0 Å². The van der Waals surface area contributed by atoms with Crippen molar-refractivity contribution in [2.75, 3.05) is 0 Å². The average molecular weight is 1500 g/mol. The summed E-state index contributed by atoms with van der Waals surface area (Å²) in [5.41, 5.74) is -0.726. The summed E-state index contributed by atoms with van der Waals surface area (Å²) in [6.07, 6.45) is 7.90. The second kappa shape index (κ2) is 36.3. The number of benzene rings is 2. The number of phenols is 2. The molecule has 0 radical (unpaired) electrons. The van der Waals surface area contributed by atoms with Crippen molar-refractivity contribution in [2.45, 2.75) is 343 Å². The van der Waals surface area contributed by atoms with E-state index in [0.717, 1.165) is 57.8 Å². The van der Waals surface area contributed by atoms with Gasteiger partial charge >= 0.3 is 47.8 Å². The predicted molar refractivity (Wildman–Crippen MR) is 408 cm³/mol. The zero-order chi connectivity index (χ0) is 80.6. The Morgan fingerprint density at radius 2 is 0.785 bits per heavy atom. The van der Waals surface area contributed by atoms with E-state index >= 15 is 0 Å². The van der Waals surface area contributed by atoms with Crippen LogP contribution in [0.5, 0.6) is 11.5 Å². The van der Waals surface area contributed by atoms with Gasteiger partial charge in [-0.25, -0.2) is 0 Å². The number of fused-ring (bicyclic) bond motifs is 3. The van der Waals surface area contributed by atoms with Crippen LogP contribution in [-0.2, 0) is 85.7 Å². The van der Waals surface area contributed by atoms with E-state index in [0.29, 0.717) is 79.1 Å². The molecule has 3 saturated heterocycles. The predicted octanol–water partition coefficient (Wildman–Crippen LogP) is 17.8. The summed E-state index contributed by atoms with van der Waals surface area (Å²) in [7, 11) is 0. The monoisotopic (exact) mass is 1500 g/mol. The maximum absolute atomic E-state index is 13.3. The van der Waals surface area contributed by atoms with Gasteiger partial charge in [0.25, 0.3) is 0 Å². The maximum atomic E-state index is 13.3. The zero-order valence-corrected chi connectivity index (χ0v) is 69.8. The SMILES string of the molecule is CCC(C)(C)C(=O)OC(CC(C)(C)C)OC(C)C.CCC(C)(C)C(=O)OC1C2CC3C(=O)OC1C3C2.CCC(C)(C)C(=O)OC1C2CC3C(=O)OC1C3C2.CCC(C)(C)C(=O)OC1C2CC3C1OC(=O)C3(C(=O)OC(CC(C)(C)C)OC(C)C)C2.CCC(C)c1ccc(O)cc1.CCC(C)c1ccc(O)cc1. The van der Waals surface area contributed by atoms with Crippen molar-refractivity contribution in [3.63, 3.8) is 0 Å². The van der Waals surface area contributed by atoms with Crippen LogP contribution in [0.1, 0.15) is 293 Å². The molecule has 9 aliphatic rings. The summed E-state index contributed by atoms with van der Waals surface area (Å²) in [5.74, 6) is 0.778. The van der Waals surface area contributed by atoms with Gasteiger partial charge in [0, 0.05) is 48.3 Å². The number of ether oxygens (including phenoxy) is 10. The molecule has 6 bridgehead atoms. The van der Waals surface area contributed by atoms with Crippen LogP contribution in [0.2, 0.25) is 0 Å². The van der Waals surface area contributed by atoms with E-state index in [1.54, 1.807) is 24.3 Å². The number of rotatable bonds is 24. The normalized spacial score (nSPS) is 28.5. The Labute approximate surface area is 640 Å². The highest BCUT2D eigenvalue weighted by molar-refractivity contribution is 6.03. The Morgan fingerprint density at radius 1 is 0.449 bits per heavy atom. The lowest BCUT2D eigenvalue weighted by atomic mass is 9.73. The molecule has 604 valence electrons. The van der Waals surface area contributed by atoms with Crippen LogP contribution in [0.3, 0.4) is 0 Å². The van der Waals surface area contributed by atoms with Gasteiger partial charge in [-0.15, -0.1) is 0 Å². The molecule has 20 heteroatoms. The first-order valence-electron chi connectivity index (χ1n) is 40.1. The first-order valence-corrected chi connectivity index (χ1v) is 40.1. The second-order valence-electron chi connectivity index (χ2n) is 37.4. The smallest absolute Gasteiger partial charge is 0.326 e. The summed E-state index contributed by atoms with van der Waals surface area (Å²) in [6.45, 7) is 51.8. The number of phenolic OH excluding ortho intramolecular Hbond substituents is 2. The topological polar surface area (TPSA) is 269 Å². The van der Waals surface area contributed by atoms with Crippen LogP contribution in [0, 0.1) is 85.2 Å². The largest absolute Gasteiger partial charge is 0.508 e. The third kappa shape index (κ3) is 22.3. The molecule has 9 fully saturated rings. The number of aromatic hydroxyl groups is 2. The van der Waals surface area contributed by atoms with E-state index in [9.17, 15) is 38.4 Å². The van der Waals surface area contributed by atoms with Crippen molar-refractivity contribution in [3.05, 3.63) is 59.7 Å². The summed E-state index contributed by atoms with van der Waals surface area (Å²) < 4.78 is 56.4. The fourth-order valence-electron chi connectivity index (χ4n) is 15.4. The maximum Gasteiger partial charge on any atom is 0.326 e. The van der Waals surface area contributed by atoms with Crippen LogP contribution >= 0.6 is 0 Å². The van der Waals surface area contributed by atoms with Gasteiger partial charge in [-0.05, 0) is 218 Å². The minimum absolute atomic E-state index is 0.0508. The minimum atomic E-state index is -1.31. The Balaban J connectivity index is 0.000000209. The highest BCUT2D eigenvalue weighted by Gasteiger charge is 2.76. The van der Waals surface area contributed by atoms with Crippen molar-refractivity contribution in [1.29, 1.82) is 0 Å². The molecule has 3 heterocycles. The fraction of sp³-hybridized carbons (Fsp3) is 0.770. The first kappa shape index (κ1) is 89.6. The van der Waals surface area contributed by atoms with Crippen LogP contribution in [0.4, 0.5) is 0 Å². The van der Waals surface area contributed by atoms with E-state index in [-0.39, 0.29) is 107 Å². The molecule has 20 nitrogen and oxygen atoms in total. The molecule has 19 atom stereocenters. The molecular weight excluding hydrogens is 1360 g/mol. The van der Waals surface area contributed by atoms with Crippen molar-refractivity contribution in [3.8, 4) is 11.5 Å². The average Bonchev–Trinajstić information content (AvgIpc) is 1.53. The standard InChI is InChI=1S/C24H38O7.C15H30O3.2C14H20O4.2C10H14O/c1-9-23(7,8)19(25)30-17-14-10-15-18(17)31-21(27)24(15,11-14)20(26)29-16(28-13(2)3)12-22(4,5)6;1-9-15(7,8)13(16)18-12(17-11(2)3)10-14(4,5)6;2*1-4-14(2,3)13(16)18-10-7-5-8-9(6-7)12(15)17-11(8)10;2*1-3-8(2)9-4-6-10(11)7-5-9/h13-18H,9-12H2,1-8H3;11-12H,9-10H2,1-8H3;2*7-11H,4-6H2,1-3H3;2*4-8,11H,3H2,1-2H3. The molecule has 2 N–H and O–H groups in total. The lowest BCUT2D eigenvalue weighted by Crippen LogP contribution is -2.47. The van der Waals surface area contributed by atoms with E-state index in [2.05, 4.69) is 48.5 Å². The molecule has 3 aliphatic heterocycles. The second-order valence-corrected chi connectivity index (χ2v) is 37.4. The summed E-state index contributed by atoms with van der Waals surface area (Å²) in [4.78, 5) is 98.4. The lowest BCUT2D eigenvalue weighted by molar-refractivity contribution is -0.205. The van der Waals surface area contributed by atoms with Gasteiger partial charge in [0.15, 0.2) is 5.41 Å². The van der Waals surface area contributed by atoms with Crippen molar-refractivity contribution in [1.82, 2.24) is 0 Å². The Morgan fingerprint density at radius 3 is 1.11 bits per heavy atom. The Kier molecular flexibility index (Phi) is 30.4. The number of carbonyl (C=O) groups excluding carboxylic acids is 8. The summed E-state index contributed by atoms with van der Waals surface area (Å²) in [6, 6.07) is 14.9. The third-order valence-corrected chi connectivity index (χ3v) is 24.3. The molecule has 0 spiro atoms. The van der Waals surface area contributed by atoms with E-state index in [4.69, 9.17) is 57.6 Å². The molecule has 0 aromatic heterocycles. The van der Waals surface area contributed by atoms with Gasteiger partial charge in [0.2, 0.25) is 12.6 Å². The molecule has 11 rings (SSSR count).